The maximum Gasteiger partial charge on any atom is 0.321 e. The molecule has 0 amide bonds. The molecule has 40 heavy (non-hydrogen) atoms. The van der Waals surface area contributed by atoms with E-state index in [9.17, 15) is 31.9 Å². The minimum Gasteiger partial charge on any atom is -0.481 e. The van der Waals surface area contributed by atoms with Crippen molar-refractivity contribution < 1.29 is 41.9 Å². The molecule has 2 aromatic rings. The summed E-state index contributed by atoms with van der Waals surface area (Å²) in [6.45, 7) is 3.50. The molecular formula is C23H32N6O9S2. The van der Waals surface area contributed by atoms with Crippen LogP contribution in [0, 0.1) is 24.2 Å². The van der Waals surface area contributed by atoms with E-state index in [0.717, 1.165) is 5.56 Å². The summed E-state index contributed by atoms with van der Waals surface area (Å²) in [6.07, 6.45) is -2.49. The number of rotatable bonds is 13. The van der Waals surface area contributed by atoms with Crippen molar-refractivity contribution in [2.45, 2.75) is 48.7 Å². The highest BCUT2D eigenvalue weighted by atomic mass is 32.2. The van der Waals surface area contributed by atoms with Crippen molar-refractivity contribution in [2.24, 2.45) is 11.6 Å². The van der Waals surface area contributed by atoms with E-state index in [1.54, 1.807) is 19.3 Å². The molecule has 0 aliphatic heterocycles. The monoisotopic (exact) mass is 600 g/mol. The van der Waals surface area contributed by atoms with Gasteiger partial charge >= 0.3 is 5.97 Å². The second kappa shape index (κ2) is 15.7. The van der Waals surface area contributed by atoms with Gasteiger partial charge in [0.05, 0.1) is 9.79 Å². The number of benzene rings is 2. The zero-order valence-electron chi connectivity index (χ0n) is 21.6. The van der Waals surface area contributed by atoms with Crippen molar-refractivity contribution in [3.05, 3.63) is 54.1 Å². The molecule has 2 unspecified atom stereocenters. The molecule has 10 N–H and O–H groups in total. The average molecular weight is 601 g/mol. The van der Waals surface area contributed by atoms with Crippen molar-refractivity contribution in [2.75, 3.05) is 6.61 Å². The fourth-order valence-electron chi connectivity index (χ4n) is 3.24. The van der Waals surface area contributed by atoms with Crippen LogP contribution >= 0.6 is 0 Å². The molecule has 0 aliphatic rings. The number of nitrogens with one attached hydrogen (secondary N) is 3. The molecule has 2 rings (SSSR count). The van der Waals surface area contributed by atoms with E-state index < -0.39 is 57.0 Å². The molecule has 2 atom stereocenters. The van der Waals surface area contributed by atoms with Crippen molar-refractivity contribution in [3.63, 3.8) is 0 Å². The molecule has 0 saturated carbocycles. The number of carboxylic acids is 1. The lowest BCUT2D eigenvalue weighted by Crippen LogP contribution is -2.54. The van der Waals surface area contributed by atoms with Crippen LogP contribution < -0.4 is 26.6 Å². The number of carbonyl (C=O) groups is 1. The number of sulfonamides is 2. The van der Waals surface area contributed by atoms with Crippen LogP contribution in [0.2, 0.25) is 0 Å². The van der Waals surface area contributed by atoms with Crippen LogP contribution in [0.25, 0.3) is 0 Å². The van der Waals surface area contributed by atoms with Crippen LogP contribution in [0.1, 0.15) is 25.3 Å². The molecule has 0 aromatic heterocycles. The Labute approximate surface area is 232 Å². The Balaban J connectivity index is 0.00000391. The summed E-state index contributed by atoms with van der Waals surface area (Å²) in [5.74, 6) is 6.71. The first kappa shape index (κ1) is 34.3. The van der Waals surface area contributed by atoms with Crippen molar-refractivity contribution in [1.29, 1.82) is 5.41 Å². The summed E-state index contributed by atoms with van der Waals surface area (Å²) >= 11 is 0. The van der Waals surface area contributed by atoms with E-state index in [4.69, 9.17) is 21.1 Å². The summed E-state index contributed by atoms with van der Waals surface area (Å²) in [4.78, 5) is 11.4. The Morgan fingerprint density at radius 2 is 1.60 bits per heavy atom. The Kier molecular flexibility index (Phi) is 13.5. The number of nitrogens with two attached hydrogens (primary N) is 2. The Morgan fingerprint density at radius 1 is 1.05 bits per heavy atom. The Bertz CT molecular complexity index is 1410. The number of guanidine groups is 1. The first-order valence-corrected chi connectivity index (χ1v) is 14.2. The average Bonchev–Trinajstić information content (AvgIpc) is 2.91. The Hall–Kier alpha value is -3.76. The molecule has 15 nitrogen and oxygen atoms in total. The molecular weight excluding hydrogens is 568 g/mol. The highest BCUT2D eigenvalue weighted by Crippen LogP contribution is 2.21. The van der Waals surface area contributed by atoms with Gasteiger partial charge in [-0.15, -0.1) is 5.92 Å². The van der Waals surface area contributed by atoms with Gasteiger partial charge in [-0.3, -0.25) is 10.2 Å². The predicted octanol–water partition coefficient (Wildman–Crippen LogP) is 0.132. The first-order valence-electron chi connectivity index (χ1n) is 11.3. The Morgan fingerprint density at radius 3 is 2.08 bits per heavy atom. The third kappa shape index (κ3) is 9.46. The van der Waals surface area contributed by atoms with Crippen LogP contribution in [0.15, 0.2) is 58.3 Å². The molecule has 0 heterocycles. The molecule has 0 radical (unpaired) electrons. The van der Waals surface area contributed by atoms with E-state index >= 15 is 0 Å². The van der Waals surface area contributed by atoms with Crippen molar-refractivity contribution in [1.82, 2.24) is 14.5 Å². The molecule has 0 spiro atoms. The van der Waals surface area contributed by atoms with Gasteiger partial charge in [-0.05, 0) is 63.1 Å². The van der Waals surface area contributed by atoms with Gasteiger partial charge in [0.15, 0.2) is 0 Å². The summed E-state index contributed by atoms with van der Waals surface area (Å²) in [5, 5.41) is 33.5. The van der Waals surface area contributed by atoms with E-state index in [0.29, 0.717) is 10.1 Å². The topological polar surface area (TPSA) is 258 Å². The number of carboxylic acid groups (broad SMARTS) is 1. The normalized spacial score (nSPS) is 12.5. The fraction of sp³-hybridized carbons (Fsp3) is 0.304. The molecule has 0 saturated heterocycles. The highest BCUT2D eigenvalue weighted by molar-refractivity contribution is 7.90. The van der Waals surface area contributed by atoms with E-state index in [1.807, 2.05) is 0 Å². The van der Waals surface area contributed by atoms with Gasteiger partial charge < -0.3 is 26.0 Å². The van der Waals surface area contributed by atoms with Crippen LogP contribution in [0.5, 0.6) is 5.75 Å². The van der Waals surface area contributed by atoms with E-state index in [1.165, 1.54) is 48.5 Å². The van der Waals surface area contributed by atoms with Crippen molar-refractivity contribution in [3.8, 4) is 17.6 Å². The van der Waals surface area contributed by atoms with Gasteiger partial charge in [0.25, 0.3) is 10.0 Å². The lowest BCUT2D eigenvalue weighted by atomic mass is 10.1. The second-order valence-corrected chi connectivity index (χ2v) is 11.4. The number of hydroxylamine groups is 1. The van der Waals surface area contributed by atoms with Crippen molar-refractivity contribution >= 4 is 32.0 Å². The maximum atomic E-state index is 13.1. The summed E-state index contributed by atoms with van der Waals surface area (Å²) in [6, 6.07) is 9.14. The largest absolute Gasteiger partial charge is 0.481 e. The molecule has 0 aliphatic carbocycles. The van der Waals surface area contributed by atoms with E-state index in [-0.39, 0.29) is 16.4 Å². The van der Waals surface area contributed by atoms with Gasteiger partial charge in [0, 0.05) is 0 Å². The number of hydrogen-bond acceptors (Lipinski definition) is 11. The number of aryl methyl sites for hydroxylation is 1. The molecule has 0 fully saturated rings. The maximum absolute atomic E-state index is 13.1. The van der Waals surface area contributed by atoms with Gasteiger partial charge in [-0.1, -0.05) is 23.6 Å². The quantitative estimate of drug-likeness (QED) is 0.0502. The minimum absolute atomic E-state index is 0.110. The molecule has 2 aromatic carbocycles. The van der Waals surface area contributed by atoms with Gasteiger partial charge in [0.1, 0.15) is 24.6 Å². The third-order valence-electron chi connectivity index (χ3n) is 5.19. The summed E-state index contributed by atoms with van der Waals surface area (Å²) in [7, 11) is -8.74. The zero-order chi connectivity index (χ0) is 30.5. The summed E-state index contributed by atoms with van der Waals surface area (Å²) in [5.41, 5.74) is 7.99. The number of ether oxygens (including phenoxy) is 1. The van der Waals surface area contributed by atoms with Gasteiger partial charge in [-0.25, -0.2) is 27.0 Å². The molecule has 0 bridgehead atoms. The number of aliphatic carboxylic acids is 1. The van der Waals surface area contributed by atoms with Gasteiger partial charge in [0.2, 0.25) is 16.0 Å². The minimum atomic E-state index is -4.43. The standard InChI is InChI=1S/C23H29N5O8S2.H3NO/c1-3-4-15-36-17-7-11-18(12-8-17)37(32,33)27-20(22(29)30)13-14-21(26-31)28(23(24)25)38(34,35)19-9-5-16(2)6-10-19;1-2/h5-12,20-21,26-27,31H,13-15H2,1-2H3,(H3,24,25)(H,29,30);2H,1H2. The summed E-state index contributed by atoms with van der Waals surface area (Å²) < 4.78 is 59.5. The highest BCUT2D eigenvalue weighted by Gasteiger charge is 2.34. The molecule has 220 valence electrons. The van der Waals surface area contributed by atoms with Crippen LogP contribution in [-0.4, -0.2) is 67.4 Å². The zero-order valence-corrected chi connectivity index (χ0v) is 23.2. The van der Waals surface area contributed by atoms with Crippen LogP contribution in [-0.2, 0) is 24.8 Å². The van der Waals surface area contributed by atoms with Gasteiger partial charge in [-0.2, -0.15) is 10.2 Å². The predicted molar refractivity (Wildman–Crippen MR) is 143 cm³/mol. The first-order chi connectivity index (χ1) is 18.8. The third-order valence-corrected chi connectivity index (χ3v) is 8.52. The van der Waals surface area contributed by atoms with Crippen LogP contribution in [0.4, 0.5) is 0 Å². The number of hydrogen-bond donors (Lipinski definition) is 8. The number of nitrogens with zero attached hydrogens (tertiary/aromatic N) is 1. The SMILES string of the molecule is CC#CCOc1ccc(S(=O)(=O)NC(CCC(NO)N(C(=N)N)S(=O)(=O)c2ccc(C)cc2)C(=O)O)cc1.NO. The van der Waals surface area contributed by atoms with E-state index in [2.05, 4.69) is 22.5 Å². The van der Waals surface area contributed by atoms with Crippen LogP contribution in [0.3, 0.4) is 0 Å². The smallest absolute Gasteiger partial charge is 0.321 e. The molecule has 17 heteroatoms. The second-order valence-electron chi connectivity index (χ2n) is 7.92. The lowest BCUT2D eigenvalue weighted by molar-refractivity contribution is -0.139. The lowest BCUT2D eigenvalue weighted by Gasteiger charge is -2.30. The fourth-order valence-corrected chi connectivity index (χ4v) is 5.92.